The summed E-state index contributed by atoms with van der Waals surface area (Å²) in [4.78, 5) is 28.6. The molecule has 2 saturated heterocycles. The molecule has 2 fully saturated rings. The first-order valence-corrected chi connectivity index (χ1v) is 12.5. The summed E-state index contributed by atoms with van der Waals surface area (Å²) in [5, 5.41) is 11.2. The van der Waals surface area contributed by atoms with Crippen molar-refractivity contribution in [2.75, 3.05) is 44.8 Å². The number of nitrogens with zero attached hydrogens (tertiary/aromatic N) is 2. The van der Waals surface area contributed by atoms with Gasteiger partial charge in [-0.2, -0.15) is 0 Å². The number of esters is 1. The Morgan fingerprint density at radius 3 is 2.56 bits per heavy atom. The number of phenols is 1. The molecule has 9 nitrogen and oxygen atoms in total. The molecule has 0 radical (unpaired) electrons. The first-order valence-electron chi connectivity index (χ1n) is 10.7. The maximum atomic E-state index is 12.6. The molecule has 174 valence electrons. The predicted octanol–water partition coefficient (Wildman–Crippen LogP) is 0.827. The number of sulfone groups is 1. The van der Waals surface area contributed by atoms with Crippen molar-refractivity contribution in [2.24, 2.45) is 0 Å². The Hall–Kier alpha value is -2.43. The van der Waals surface area contributed by atoms with E-state index >= 15 is 0 Å². The largest absolute Gasteiger partial charge is 0.507 e. The number of methoxy groups -OCH3 is 1. The van der Waals surface area contributed by atoms with Crippen molar-refractivity contribution < 1.29 is 27.5 Å². The Labute approximate surface area is 186 Å². The molecule has 0 unspecified atom stereocenters. The van der Waals surface area contributed by atoms with Crippen molar-refractivity contribution in [1.82, 2.24) is 9.80 Å². The molecule has 0 saturated carbocycles. The van der Waals surface area contributed by atoms with E-state index in [4.69, 9.17) is 4.42 Å². The van der Waals surface area contributed by atoms with Gasteiger partial charge in [-0.1, -0.05) is 0 Å². The third-order valence-electron chi connectivity index (χ3n) is 6.60. The number of phenolic OH excluding ortho intramolecular Hbond substituents is 1. The van der Waals surface area contributed by atoms with E-state index in [1.807, 2.05) is 0 Å². The number of rotatable bonds is 5. The van der Waals surface area contributed by atoms with E-state index in [2.05, 4.69) is 14.5 Å². The molecule has 1 aromatic carbocycles. The molecule has 0 bridgehead atoms. The Bertz CT molecular complexity index is 1200. The Morgan fingerprint density at radius 1 is 1.22 bits per heavy atom. The van der Waals surface area contributed by atoms with Crippen LogP contribution in [-0.4, -0.2) is 80.1 Å². The van der Waals surface area contributed by atoms with Gasteiger partial charge in [-0.3, -0.25) is 14.6 Å². The van der Waals surface area contributed by atoms with Crippen LogP contribution in [0.15, 0.2) is 21.3 Å². The van der Waals surface area contributed by atoms with Gasteiger partial charge in [0.2, 0.25) is 0 Å². The lowest BCUT2D eigenvalue weighted by Gasteiger charge is -2.37. The highest BCUT2D eigenvalue weighted by atomic mass is 32.2. The zero-order chi connectivity index (χ0) is 23.0. The number of fused-ring (bicyclic) bond motifs is 1. The molecule has 2 aromatic rings. The van der Waals surface area contributed by atoms with E-state index in [1.165, 1.54) is 7.11 Å². The molecule has 0 amide bonds. The van der Waals surface area contributed by atoms with E-state index in [0.717, 1.165) is 26.2 Å². The van der Waals surface area contributed by atoms with Crippen molar-refractivity contribution in [3.05, 3.63) is 39.2 Å². The molecule has 1 atom stereocenters. The van der Waals surface area contributed by atoms with Crippen molar-refractivity contribution in [1.29, 1.82) is 0 Å². The van der Waals surface area contributed by atoms with Crippen LogP contribution in [0.2, 0.25) is 0 Å². The summed E-state index contributed by atoms with van der Waals surface area (Å²) in [5.41, 5.74) is 1.13. The number of carbonyl (C=O) groups is 1. The summed E-state index contributed by atoms with van der Waals surface area (Å²) in [5.74, 6) is 0.0184. The van der Waals surface area contributed by atoms with Crippen LogP contribution in [0.4, 0.5) is 0 Å². The van der Waals surface area contributed by atoms with Crippen molar-refractivity contribution in [2.45, 2.75) is 32.4 Å². The highest BCUT2D eigenvalue weighted by Gasteiger charge is 2.34. The standard InChI is InChI=1S/C22H28N2O7S/c1-14-16-3-4-19(25)18(21(16)31-22(27)17(14)11-20(26)30-2)12-23-6-8-24(9-7-23)15-5-10-32(28,29)13-15/h3-4,15,25H,5-13H2,1-2H3/t15-/m1/s1. The number of hydrogen-bond acceptors (Lipinski definition) is 9. The zero-order valence-corrected chi connectivity index (χ0v) is 19.1. The van der Waals surface area contributed by atoms with Crippen LogP contribution in [0.3, 0.4) is 0 Å². The van der Waals surface area contributed by atoms with E-state index in [-0.39, 0.29) is 35.3 Å². The van der Waals surface area contributed by atoms with Gasteiger partial charge in [-0.05, 0) is 31.0 Å². The van der Waals surface area contributed by atoms with Crippen LogP contribution in [0, 0.1) is 6.92 Å². The minimum Gasteiger partial charge on any atom is -0.507 e. The molecule has 10 heteroatoms. The van der Waals surface area contributed by atoms with Gasteiger partial charge in [0.1, 0.15) is 11.3 Å². The molecule has 32 heavy (non-hydrogen) atoms. The highest BCUT2D eigenvalue weighted by molar-refractivity contribution is 7.91. The molecule has 3 heterocycles. The first-order chi connectivity index (χ1) is 15.2. The van der Waals surface area contributed by atoms with Gasteiger partial charge < -0.3 is 14.3 Å². The van der Waals surface area contributed by atoms with E-state index in [9.17, 15) is 23.1 Å². The molecule has 0 aliphatic carbocycles. The minimum atomic E-state index is -2.92. The van der Waals surface area contributed by atoms with Crippen molar-refractivity contribution in [3.63, 3.8) is 0 Å². The van der Waals surface area contributed by atoms with Gasteiger partial charge in [0, 0.05) is 44.2 Å². The summed E-state index contributed by atoms with van der Waals surface area (Å²) >= 11 is 0. The summed E-state index contributed by atoms with van der Waals surface area (Å²) < 4.78 is 33.8. The number of aromatic hydroxyl groups is 1. The molecule has 4 rings (SSSR count). The molecule has 1 N–H and O–H groups in total. The molecular weight excluding hydrogens is 436 g/mol. The number of benzene rings is 1. The third kappa shape index (κ3) is 4.53. The maximum Gasteiger partial charge on any atom is 0.340 e. The Morgan fingerprint density at radius 2 is 1.94 bits per heavy atom. The number of aryl methyl sites for hydroxylation is 1. The average molecular weight is 465 g/mol. The van der Waals surface area contributed by atoms with Crippen LogP contribution in [-0.2, 0) is 32.3 Å². The van der Waals surface area contributed by atoms with Crippen molar-refractivity contribution >= 4 is 26.8 Å². The second kappa shape index (κ2) is 8.84. The van der Waals surface area contributed by atoms with Gasteiger partial charge in [0.25, 0.3) is 0 Å². The minimum absolute atomic E-state index is 0.0464. The van der Waals surface area contributed by atoms with Gasteiger partial charge in [0.05, 0.1) is 36.2 Å². The third-order valence-corrected chi connectivity index (χ3v) is 8.35. The monoisotopic (exact) mass is 464 g/mol. The SMILES string of the molecule is COC(=O)Cc1c(C)c2ccc(O)c(CN3CCN([C@@H]4CCS(=O)(=O)C4)CC3)c2oc1=O. The van der Waals surface area contributed by atoms with E-state index < -0.39 is 21.4 Å². The highest BCUT2D eigenvalue weighted by Crippen LogP contribution is 2.31. The number of carbonyl (C=O) groups excluding carboxylic acids is 1. The van der Waals surface area contributed by atoms with Crippen LogP contribution < -0.4 is 5.63 Å². The normalized spacial score (nSPS) is 21.8. The van der Waals surface area contributed by atoms with E-state index in [0.29, 0.717) is 35.1 Å². The summed E-state index contributed by atoms with van der Waals surface area (Å²) in [6, 6.07) is 3.35. The zero-order valence-electron chi connectivity index (χ0n) is 18.3. The molecular formula is C22H28N2O7S. The van der Waals surface area contributed by atoms with Crippen LogP contribution in [0.25, 0.3) is 11.0 Å². The van der Waals surface area contributed by atoms with Gasteiger partial charge in [0.15, 0.2) is 9.84 Å². The topological polar surface area (TPSA) is 117 Å². The molecule has 1 aromatic heterocycles. The summed E-state index contributed by atoms with van der Waals surface area (Å²) in [7, 11) is -1.65. The lowest BCUT2D eigenvalue weighted by molar-refractivity contribution is -0.139. The van der Waals surface area contributed by atoms with Gasteiger partial charge >= 0.3 is 11.6 Å². The number of piperazine rings is 1. The van der Waals surface area contributed by atoms with Crippen molar-refractivity contribution in [3.8, 4) is 5.75 Å². The van der Waals surface area contributed by atoms with Gasteiger partial charge in [-0.25, -0.2) is 13.2 Å². The van der Waals surface area contributed by atoms with Crippen LogP contribution in [0.5, 0.6) is 5.75 Å². The van der Waals surface area contributed by atoms with Crippen LogP contribution >= 0.6 is 0 Å². The maximum absolute atomic E-state index is 12.6. The quantitative estimate of drug-likeness (QED) is 0.507. The lowest BCUT2D eigenvalue weighted by atomic mass is 10.0. The summed E-state index contributed by atoms with van der Waals surface area (Å²) in [6.07, 6.45) is 0.514. The predicted molar refractivity (Wildman–Crippen MR) is 119 cm³/mol. The average Bonchev–Trinajstić information content (AvgIpc) is 3.13. The first kappa shape index (κ1) is 22.8. The molecule has 2 aliphatic heterocycles. The van der Waals surface area contributed by atoms with E-state index in [1.54, 1.807) is 19.1 Å². The molecule has 0 spiro atoms. The fourth-order valence-corrected chi connectivity index (χ4v) is 6.41. The smallest absolute Gasteiger partial charge is 0.340 e. The fraction of sp³-hybridized carbons (Fsp3) is 0.545. The summed E-state index contributed by atoms with van der Waals surface area (Å²) in [6.45, 7) is 5.09. The second-order valence-electron chi connectivity index (χ2n) is 8.55. The number of hydrogen-bond donors (Lipinski definition) is 1. The van der Waals surface area contributed by atoms with Crippen LogP contribution in [0.1, 0.15) is 23.1 Å². The lowest BCUT2D eigenvalue weighted by Crippen LogP contribution is -2.50. The molecule has 2 aliphatic rings. The second-order valence-corrected chi connectivity index (χ2v) is 10.8. The Balaban J connectivity index is 1.54. The number of ether oxygens (including phenoxy) is 1. The fourth-order valence-electron chi connectivity index (χ4n) is 4.65. The Kier molecular flexibility index (Phi) is 6.28. The van der Waals surface area contributed by atoms with Gasteiger partial charge in [-0.15, -0.1) is 0 Å².